The van der Waals surface area contributed by atoms with Gasteiger partial charge in [-0.1, -0.05) is 56.9 Å². The molecule has 2 aromatic carbocycles. The van der Waals surface area contributed by atoms with E-state index in [4.69, 9.17) is 4.74 Å². The van der Waals surface area contributed by atoms with Gasteiger partial charge in [0.15, 0.2) is 0 Å². The Kier molecular flexibility index (Phi) is 10.5. The van der Waals surface area contributed by atoms with Crippen LogP contribution in [0.25, 0.3) is 0 Å². The number of unbranched alkanes of at least 4 members (excludes halogenated alkanes) is 4. The van der Waals surface area contributed by atoms with Crippen LogP contribution in [0.4, 0.5) is 0 Å². The zero-order valence-electron chi connectivity index (χ0n) is 14.9. The van der Waals surface area contributed by atoms with Gasteiger partial charge < -0.3 is 9.29 Å². The summed E-state index contributed by atoms with van der Waals surface area (Å²) < 4.78 is 40.6. The van der Waals surface area contributed by atoms with Gasteiger partial charge in [-0.2, -0.15) is 0 Å². The Morgan fingerprint density at radius 3 is 2.24 bits per heavy atom. The van der Waals surface area contributed by atoms with Crippen molar-refractivity contribution in [3.8, 4) is 11.5 Å². The van der Waals surface area contributed by atoms with E-state index in [1.165, 1.54) is 6.07 Å². The molecule has 0 aliphatic carbocycles. The molecule has 0 saturated carbocycles. The molecule has 6 heteroatoms. The van der Waals surface area contributed by atoms with Crippen LogP contribution in [-0.2, 0) is 16.5 Å². The Balaban J connectivity index is 0.00000312. The van der Waals surface area contributed by atoms with E-state index in [9.17, 15) is 13.0 Å². The standard InChI is InChI=1S/C19H24O4S.K/c1-2-3-4-5-9-13-17-18(23-16-11-7-6-8-12-16)14-10-15-19(17)24(20,21)22;/h6-8,10-12,14-15H,2-5,9,13H2,1H3,(H,20,21,22);/q;+1/p-1. The normalized spacial score (nSPS) is 11.0. The van der Waals surface area contributed by atoms with Gasteiger partial charge in [-0.15, -0.1) is 0 Å². The van der Waals surface area contributed by atoms with E-state index in [1.807, 2.05) is 18.2 Å². The van der Waals surface area contributed by atoms with E-state index in [1.54, 1.807) is 24.3 Å². The van der Waals surface area contributed by atoms with Gasteiger partial charge in [0.1, 0.15) is 21.6 Å². The zero-order valence-corrected chi connectivity index (χ0v) is 18.8. The molecule has 0 heterocycles. The van der Waals surface area contributed by atoms with Gasteiger partial charge in [0.25, 0.3) is 0 Å². The minimum Gasteiger partial charge on any atom is -0.744 e. The summed E-state index contributed by atoms with van der Waals surface area (Å²) in [6.45, 7) is 2.14. The predicted molar refractivity (Wildman–Crippen MR) is 93.4 cm³/mol. The number of hydrogen-bond donors (Lipinski definition) is 0. The molecule has 130 valence electrons. The molecule has 2 aromatic rings. The van der Waals surface area contributed by atoms with Crippen molar-refractivity contribution in [1.29, 1.82) is 0 Å². The fourth-order valence-corrected chi connectivity index (χ4v) is 3.39. The van der Waals surface area contributed by atoms with Gasteiger partial charge in [-0.25, -0.2) is 8.42 Å². The van der Waals surface area contributed by atoms with Gasteiger partial charge in [-0.05, 0) is 37.1 Å². The fraction of sp³-hybridized carbons (Fsp3) is 0.368. The van der Waals surface area contributed by atoms with Crippen LogP contribution in [0, 0.1) is 0 Å². The summed E-state index contributed by atoms with van der Waals surface area (Å²) in [7, 11) is -4.53. The van der Waals surface area contributed by atoms with Crippen LogP contribution < -0.4 is 56.1 Å². The van der Waals surface area contributed by atoms with Crippen LogP contribution in [0.3, 0.4) is 0 Å². The van der Waals surface area contributed by atoms with Gasteiger partial charge in [-0.3, -0.25) is 0 Å². The number of para-hydroxylation sites is 1. The van der Waals surface area contributed by atoms with Crippen LogP contribution in [-0.4, -0.2) is 13.0 Å². The van der Waals surface area contributed by atoms with Crippen molar-refractivity contribution < 1.29 is 69.1 Å². The second kappa shape index (κ2) is 11.5. The van der Waals surface area contributed by atoms with E-state index in [0.29, 0.717) is 23.5 Å². The van der Waals surface area contributed by atoms with E-state index in [2.05, 4.69) is 6.92 Å². The van der Waals surface area contributed by atoms with Crippen LogP contribution in [0.5, 0.6) is 11.5 Å². The van der Waals surface area contributed by atoms with Crippen molar-refractivity contribution in [3.05, 3.63) is 54.1 Å². The average Bonchev–Trinajstić information content (AvgIpc) is 2.55. The molecule has 0 aliphatic rings. The number of hydrogen-bond acceptors (Lipinski definition) is 4. The first-order valence-electron chi connectivity index (χ1n) is 8.33. The zero-order chi connectivity index (χ0) is 17.4. The summed E-state index contributed by atoms with van der Waals surface area (Å²) in [6, 6.07) is 13.8. The maximum Gasteiger partial charge on any atom is 1.00 e. The SMILES string of the molecule is CCCCCCCc1c(Oc2ccccc2)cccc1S(=O)(=O)[O-].[K+]. The smallest absolute Gasteiger partial charge is 0.744 e. The van der Waals surface area contributed by atoms with Crippen molar-refractivity contribution >= 4 is 10.1 Å². The molecule has 0 saturated heterocycles. The van der Waals surface area contributed by atoms with E-state index in [-0.39, 0.29) is 56.3 Å². The molecule has 0 spiro atoms. The number of rotatable bonds is 9. The molecule has 0 atom stereocenters. The second-order valence-corrected chi connectivity index (χ2v) is 7.11. The quantitative estimate of drug-likeness (QED) is 0.375. The Bertz CT molecular complexity index is 745. The van der Waals surface area contributed by atoms with Crippen LogP contribution in [0.1, 0.15) is 44.6 Å². The molecule has 4 nitrogen and oxygen atoms in total. The number of benzene rings is 2. The van der Waals surface area contributed by atoms with E-state index < -0.39 is 10.1 Å². The van der Waals surface area contributed by atoms with Gasteiger partial charge in [0.05, 0.1) is 4.90 Å². The third kappa shape index (κ3) is 7.50. The first-order valence-corrected chi connectivity index (χ1v) is 9.74. The maximum atomic E-state index is 11.6. The van der Waals surface area contributed by atoms with Gasteiger partial charge >= 0.3 is 51.4 Å². The van der Waals surface area contributed by atoms with Gasteiger partial charge in [0, 0.05) is 5.56 Å². The van der Waals surface area contributed by atoms with Crippen molar-refractivity contribution in [2.75, 3.05) is 0 Å². The Morgan fingerprint density at radius 1 is 0.920 bits per heavy atom. The maximum absolute atomic E-state index is 11.6. The first kappa shape index (κ1) is 22.8. The summed E-state index contributed by atoms with van der Waals surface area (Å²) in [6.07, 6.45) is 5.77. The molecule has 2 rings (SSSR count). The minimum absolute atomic E-state index is 0. The third-order valence-corrected chi connectivity index (χ3v) is 4.78. The van der Waals surface area contributed by atoms with Crippen molar-refractivity contribution in [2.24, 2.45) is 0 Å². The Labute approximate surface area is 193 Å². The topological polar surface area (TPSA) is 66.4 Å². The van der Waals surface area contributed by atoms with Crippen LogP contribution >= 0.6 is 0 Å². The summed E-state index contributed by atoms with van der Waals surface area (Å²) >= 11 is 0. The Morgan fingerprint density at radius 2 is 1.60 bits per heavy atom. The van der Waals surface area contributed by atoms with Crippen molar-refractivity contribution in [1.82, 2.24) is 0 Å². The molecule has 0 unspecified atom stereocenters. The molecule has 0 aliphatic heterocycles. The molecular weight excluding hydrogens is 363 g/mol. The molecular formula is C19H23KO4S. The molecule has 0 fully saturated rings. The predicted octanol–water partition coefficient (Wildman–Crippen LogP) is 1.90. The molecule has 0 radical (unpaired) electrons. The molecule has 0 N–H and O–H groups in total. The minimum atomic E-state index is -4.53. The first-order chi connectivity index (χ1) is 11.5. The molecule has 0 amide bonds. The third-order valence-electron chi connectivity index (χ3n) is 3.86. The van der Waals surface area contributed by atoms with Crippen LogP contribution in [0.15, 0.2) is 53.4 Å². The summed E-state index contributed by atoms with van der Waals surface area (Å²) in [5.74, 6) is 1.05. The van der Waals surface area contributed by atoms with Crippen molar-refractivity contribution in [3.63, 3.8) is 0 Å². The van der Waals surface area contributed by atoms with Crippen LogP contribution in [0.2, 0.25) is 0 Å². The van der Waals surface area contributed by atoms with Gasteiger partial charge in [0.2, 0.25) is 0 Å². The monoisotopic (exact) mass is 386 g/mol. The molecule has 0 bridgehead atoms. The molecule has 0 aromatic heterocycles. The number of ether oxygens (including phenoxy) is 1. The summed E-state index contributed by atoms with van der Waals surface area (Å²) in [5.41, 5.74) is 0.479. The average molecular weight is 387 g/mol. The van der Waals surface area contributed by atoms with E-state index >= 15 is 0 Å². The second-order valence-electron chi connectivity index (χ2n) is 5.77. The van der Waals surface area contributed by atoms with Crippen molar-refractivity contribution in [2.45, 2.75) is 50.3 Å². The summed E-state index contributed by atoms with van der Waals surface area (Å²) in [5, 5.41) is 0. The summed E-state index contributed by atoms with van der Waals surface area (Å²) in [4.78, 5) is -0.175. The molecule has 25 heavy (non-hydrogen) atoms. The Hall–Kier alpha value is -0.214. The van der Waals surface area contributed by atoms with E-state index in [0.717, 1.165) is 32.1 Å². The fourth-order valence-electron chi connectivity index (χ4n) is 2.64. The largest absolute Gasteiger partial charge is 1.00 e.